The number of aromatic nitrogens is 1. The zero-order valence-electron chi connectivity index (χ0n) is 13.7. The topological polar surface area (TPSA) is 28.2 Å². The lowest BCUT2D eigenvalue weighted by molar-refractivity contribution is 0.424. The Morgan fingerprint density at radius 3 is 2.70 bits per heavy atom. The van der Waals surface area contributed by atoms with E-state index in [9.17, 15) is 0 Å². The first-order chi connectivity index (χ1) is 9.35. The monoisotopic (exact) mass is 295 g/mol. The number of pyridine rings is 1. The van der Waals surface area contributed by atoms with Crippen LogP contribution in [0.25, 0.3) is 0 Å². The van der Waals surface area contributed by atoms with Gasteiger partial charge in [-0.05, 0) is 52.2 Å². The van der Waals surface area contributed by atoms with Crippen molar-refractivity contribution >= 4 is 17.4 Å². The summed E-state index contributed by atoms with van der Waals surface area (Å²) >= 11 is 1.91. The van der Waals surface area contributed by atoms with Crippen molar-refractivity contribution in [2.45, 2.75) is 52.2 Å². The van der Waals surface area contributed by atoms with Gasteiger partial charge in [-0.15, -0.1) is 0 Å². The van der Waals surface area contributed by atoms with Crippen LogP contribution in [0.5, 0.6) is 0 Å². The second kappa shape index (κ2) is 7.89. The van der Waals surface area contributed by atoms with Crippen molar-refractivity contribution in [1.82, 2.24) is 10.3 Å². The summed E-state index contributed by atoms with van der Waals surface area (Å²) in [6.07, 6.45) is 7.23. The Morgan fingerprint density at radius 2 is 2.10 bits per heavy atom. The molecule has 0 spiro atoms. The average Bonchev–Trinajstić information content (AvgIpc) is 2.41. The Labute approximate surface area is 128 Å². The van der Waals surface area contributed by atoms with Crippen LogP contribution in [0, 0.1) is 0 Å². The Kier molecular flexibility index (Phi) is 6.83. The Bertz CT molecular complexity index is 401. The fraction of sp³-hybridized carbons (Fsp3) is 0.688. The van der Waals surface area contributed by atoms with Crippen LogP contribution < -0.4 is 10.2 Å². The first-order valence-corrected chi connectivity index (χ1v) is 8.64. The third kappa shape index (κ3) is 5.71. The molecule has 0 saturated carbocycles. The number of hydrogen-bond acceptors (Lipinski definition) is 4. The van der Waals surface area contributed by atoms with Crippen molar-refractivity contribution < 1.29 is 0 Å². The van der Waals surface area contributed by atoms with Crippen LogP contribution in [-0.4, -0.2) is 35.6 Å². The van der Waals surface area contributed by atoms with Crippen LogP contribution in [0.2, 0.25) is 0 Å². The molecule has 1 unspecified atom stereocenters. The fourth-order valence-corrected chi connectivity index (χ4v) is 2.56. The summed E-state index contributed by atoms with van der Waals surface area (Å²) < 4.78 is 0. The number of nitrogens with zero attached hydrogens (tertiary/aromatic N) is 2. The Hall–Kier alpha value is -0.740. The molecule has 0 fully saturated rings. The quantitative estimate of drug-likeness (QED) is 0.832. The molecule has 1 heterocycles. The van der Waals surface area contributed by atoms with E-state index in [-0.39, 0.29) is 5.54 Å². The lowest BCUT2D eigenvalue weighted by Gasteiger charge is -2.30. The second-order valence-corrected chi connectivity index (χ2v) is 7.33. The highest BCUT2D eigenvalue weighted by molar-refractivity contribution is 7.98. The summed E-state index contributed by atoms with van der Waals surface area (Å²) in [7, 11) is 2.18. The molecule has 1 N–H and O–H groups in total. The van der Waals surface area contributed by atoms with Crippen molar-refractivity contribution in [2.75, 3.05) is 24.0 Å². The standard InChI is InChI=1S/C16H29N3S/c1-13(8-10-20-6)19(5)15-7-9-17-11-14(15)12-18-16(2,3)4/h7,9,11,13,18H,8,10,12H2,1-6H3. The van der Waals surface area contributed by atoms with Gasteiger partial charge in [-0.1, -0.05) is 0 Å². The lowest BCUT2D eigenvalue weighted by atomic mass is 10.1. The first kappa shape index (κ1) is 17.3. The number of nitrogens with one attached hydrogen (secondary N) is 1. The molecule has 4 heteroatoms. The molecule has 3 nitrogen and oxygen atoms in total. The molecule has 0 radical (unpaired) electrons. The van der Waals surface area contributed by atoms with E-state index in [4.69, 9.17) is 0 Å². The van der Waals surface area contributed by atoms with Gasteiger partial charge >= 0.3 is 0 Å². The third-order valence-corrected chi connectivity index (χ3v) is 4.11. The van der Waals surface area contributed by atoms with Gasteiger partial charge in [0.2, 0.25) is 0 Å². The summed E-state index contributed by atoms with van der Waals surface area (Å²) in [6.45, 7) is 9.71. The third-order valence-electron chi connectivity index (χ3n) is 3.47. The predicted octanol–water partition coefficient (Wildman–Crippen LogP) is 3.55. The van der Waals surface area contributed by atoms with Crippen LogP contribution in [0.15, 0.2) is 18.5 Å². The number of thioether (sulfide) groups is 1. The molecule has 1 aromatic rings. The highest BCUT2D eigenvalue weighted by Crippen LogP contribution is 2.22. The molecule has 0 aromatic carbocycles. The van der Waals surface area contributed by atoms with E-state index < -0.39 is 0 Å². The smallest absolute Gasteiger partial charge is 0.0442 e. The van der Waals surface area contributed by atoms with Crippen LogP contribution in [0.3, 0.4) is 0 Å². The maximum Gasteiger partial charge on any atom is 0.0442 e. The van der Waals surface area contributed by atoms with Crippen LogP contribution in [-0.2, 0) is 6.54 Å². The van der Waals surface area contributed by atoms with Crippen molar-refractivity contribution in [3.8, 4) is 0 Å². The summed E-state index contributed by atoms with van der Waals surface area (Å²) in [4.78, 5) is 6.65. The van der Waals surface area contributed by atoms with E-state index in [0.29, 0.717) is 6.04 Å². The van der Waals surface area contributed by atoms with Crippen molar-refractivity contribution in [2.24, 2.45) is 0 Å². The molecule has 0 aliphatic heterocycles. The van der Waals surface area contributed by atoms with Crippen molar-refractivity contribution in [3.63, 3.8) is 0 Å². The van der Waals surface area contributed by atoms with Crippen LogP contribution in [0.4, 0.5) is 5.69 Å². The summed E-state index contributed by atoms with van der Waals surface area (Å²) in [5.74, 6) is 1.20. The zero-order chi connectivity index (χ0) is 15.2. The van der Waals surface area contributed by atoms with Gasteiger partial charge in [-0.25, -0.2) is 0 Å². The molecule has 1 atom stereocenters. The summed E-state index contributed by atoms with van der Waals surface area (Å²) in [5.41, 5.74) is 2.67. The van der Waals surface area contributed by atoms with Crippen molar-refractivity contribution in [1.29, 1.82) is 0 Å². The normalized spacial score (nSPS) is 13.3. The van der Waals surface area contributed by atoms with E-state index in [1.165, 1.54) is 23.4 Å². The van der Waals surface area contributed by atoms with Gasteiger partial charge in [-0.2, -0.15) is 11.8 Å². The van der Waals surface area contributed by atoms with E-state index in [1.54, 1.807) is 0 Å². The average molecular weight is 295 g/mol. The van der Waals surface area contributed by atoms with Gasteiger partial charge < -0.3 is 10.2 Å². The SMILES string of the molecule is CSCCC(C)N(C)c1ccncc1CNC(C)(C)C. The van der Waals surface area contributed by atoms with E-state index >= 15 is 0 Å². The summed E-state index contributed by atoms with van der Waals surface area (Å²) in [6, 6.07) is 2.66. The predicted molar refractivity (Wildman–Crippen MR) is 91.7 cm³/mol. The molecule has 1 aromatic heterocycles. The van der Waals surface area contributed by atoms with Gasteiger partial charge in [0.25, 0.3) is 0 Å². The highest BCUT2D eigenvalue weighted by atomic mass is 32.2. The lowest BCUT2D eigenvalue weighted by Crippen LogP contribution is -2.36. The zero-order valence-corrected chi connectivity index (χ0v) is 14.5. The minimum Gasteiger partial charge on any atom is -0.372 e. The molecular weight excluding hydrogens is 266 g/mol. The van der Waals surface area contributed by atoms with Gasteiger partial charge in [0.1, 0.15) is 0 Å². The number of anilines is 1. The van der Waals surface area contributed by atoms with E-state index in [0.717, 1.165) is 6.54 Å². The van der Waals surface area contributed by atoms with Gasteiger partial charge in [0.05, 0.1) is 0 Å². The molecular formula is C16H29N3S. The van der Waals surface area contributed by atoms with Gasteiger partial charge in [0, 0.05) is 48.8 Å². The minimum atomic E-state index is 0.121. The van der Waals surface area contributed by atoms with Gasteiger partial charge in [-0.3, -0.25) is 4.98 Å². The highest BCUT2D eigenvalue weighted by Gasteiger charge is 2.15. The van der Waals surface area contributed by atoms with Gasteiger partial charge in [0.15, 0.2) is 0 Å². The summed E-state index contributed by atoms with van der Waals surface area (Å²) in [5, 5.41) is 3.54. The molecule has 0 aliphatic carbocycles. The Morgan fingerprint density at radius 1 is 1.40 bits per heavy atom. The molecule has 114 valence electrons. The Balaban J connectivity index is 2.78. The van der Waals surface area contributed by atoms with E-state index in [2.05, 4.69) is 62.3 Å². The second-order valence-electron chi connectivity index (χ2n) is 6.35. The fourth-order valence-electron chi connectivity index (χ4n) is 1.98. The largest absolute Gasteiger partial charge is 0.372 e. The van der Waals surface area contributed by atoms with E-state index in [1.807, 2.05) is 24.2 Å². The molecule has 0 saturated heterocycles. The first-order valence-electron chi connectivity index (χ1n) is 7.25. The molecule has 0 aliphatic rings. The maximum atomic E-state index is 4.28. The number of rotatable bonds is 7. The molecule has 1 rings (SSSR count). The molecule has 0 amide bonds. The van der Waals surface area contributed by atoms with Crippen LogP contribution in [0.1, 0.15) is 39.7 Å². The maximum absolute atomic E-state index is 4.28. The van der Waals surface area contributed by atoms with Crippen LogP contribution >= 0.6 is 11.8 Å². The minimum absolute atomic E-state index is 0.121. The number of hydrogen-bond donors (Lipinski definition) is 1. The van der Waals surface area contributed by atoms with Crippen molar-refractivity contribution in [3.05, 3.63) is 24.0 Å². The molecule has 20 heavy (non-hydrogen) atoms. The molecule has 0 bridgehead atoms.